The highest BCUT2D eigenvalue weighted by atomic mass is 32.1. The summed E-state index contributed by atoms with van der Waals surface area (Å²) in [6.45, 7) is 5.36. The summed E-state index contributed by atoms with van der Waals surface area (Å²) < 4.78 is 6.57. The first kappa shape index (κ1) is 16.6. The summed E-state index contributed by atoms with van der Waals surface area (Å²) in [7, 11) is 2.15. The number of piperidine rings is 1. The molecule has 0 saturated carbocycles. The second kappa shape index (κ2) is 6.46. The molecule has 0 unspecified atom stereocenters. The lowest BCUT2D eigenvalue weighted by Crippen LogP contribution is -2.53. The molecule has 1 spiro atoms. The summed E-state index contributed by atoms with van der Waals surface area (Å²) in [6.07, 6.45) is 1.90. The molecule has 2 aliphatic rings. The number of amides is 1. The monoisotopic (exact) mass is 356 g/mol. The molecule has 1 amide bonds. The number of fused-ring (bicyclic) bond motifs is 1. The third kappa shape index (κ3) is 3.31. The molecule has 0 aliphatic carbocycles. The van der Waals surface area contributed by atoms with Crippen molar-refractivity contribution in [1.29, 1.82) is 0 Å². The van der Waals surface area contributed by atoms with Crippen LogP contribution in [0, 0.1) is 6.92 Å². The van der Waals surface area contributed by atoms with Gasteiger partial charge in [-0.15, -0.1) is 11.3 Å². The third-order valence-electron chi connectivity index (χ3n) is 5.30. The van der Waals surface area contributed by atoms with Crippen LogP contribution in [-0.2, 0) is 6.54 Å². The Morgan fingerprint density at radius 1 is 1.24 bits per heavy atom. The Kier molecular flexibility index (Phi) is 4.29. The average molecular weight is 356 g/mol. The van der Waals surface area contributed by atoms with E-state index in [1.165, 1.54) is 16.9 Å². The molecule has 0 atom stereocenters. The maximum Gasteiger partial charge on any atom is 0.264 e. The maximum absolute atomic E-state index is 13.1. The van der Waals surface area contributed by atoms with E-state index in [-0.39, 0.29) is 11.5 Å². The first-order valence-corrected chi connectivity index (χ1v) is 9.73. The van der Waals surface area contributed by atoms with Gasteiger partial charge in [-0.2, -0.15) is 0 Å². The minimum atomic E-state index is -0.278. The number of nitrogens with zero attached hydrogens (tertiary/aromatic N) is 2. The first-order valence-electron chi connectivity index (χ1n) is 8.85. The highest BCUT2D eigenvalue weighted by molar-refractivity contribution is 7.12. The van der Waals surface area contributed by atoms with Crippen LogP contribution in [0.15, 0.2) is 35.7 Å². The van der Waals surface area contributed by atoms with Crippen LogP contribution in [0.4, 0.5) is 0 Å². The number of carbonyl (C=O) groups excluding carboxylic acids is 1. The molecular formula is C20H24N2O2S. The van der Waals surface area contributed by atoms with Crippen LogP contribution in [0.5, 0.6) is 5.75 Å². The topological polar surface area (TPSA) is 32.8 Å². The first-order chi connectivity index (χ1) is 12.0. The highest BCUT2D eigenvalue weighted by Gasteiger charge is 2.41. The Morgan fingerprint density at radius 3 is 2.76 bits per heavy atom. The van der Waals surface area contributed by atoms with Gasteiger partial charge in [-0.3, -0.25) is 4.79 Å². The lowest BCUT2D eigenvalue weighted by atomic mass is 9.90. The van der Waals surface area contributed by atoms with E-state index in [4.69, 9.17) is 4.74 Å². The van der Waals surface area contributed by atoms with Gasteiger partial charge < -0.3 is 14.5 Å². The summed E-state index contributed by atoms with van der Waals surface area (Å²) >= 11 is 1.51. The van der Waals surface area contributed by atoms with E-state index in [9.17, 15) is 4.79 Å². The summed E-state index contributed by atoms with van der Waals surface area (Å²) in [5.74, 6) is 1.06. The van der Waals surface area contributed by atoms with Crippen molar-refractivity contribution in [2.24, 2.45) is 0 Å². The Bertz CT molecular complexity index is 764. The fourth-order valence-electron chi connectivity index (χ4n) is 3.79. The van der Waals surface area contributed by atoms with Crippen LogP contribution in [0.3, 0.4) is 0 Å². The summed E-state index contributed by atoms with van der Waals surface area (Å²) in [6, 6.07) is 10.2. The molecule has 0 radical (unpaired) electrons. The largest absolute Gasteiger partial charge is 0.485 e. The highest BCUT2D eigenvalue weighted by Crippen LogP contribution is 2.36. The van der Waals surface area contributed by atoms with Crippen molar-refractivity contribution in [3.63, 3.8) is 0 Å². The third-order valence-corrected chi connectivity index (χ3v) is 6.16. The Hall–Kier alpha value is -1.85. The molecule has 4 nitrogen and oxygen atoms in total. The van der Waals surface area contributed by atoms with E-state index in [0.29, 0.717) is 13.1 Å². The Balaban J connectivity index is 1.71. The minimum absolute atomic E-state index is 0.117. The Morgan fingerprint density at radius 2 is 2.04 bits per heavy atom. The fraction of sp³-hybridized carbons (Fsp3) is 0.450. The van der Waals surface area contributed by atoms with E-state index in [1.54, 1.807) is 0 Å². The van der Waals surface area contributed by atoms with E-state index in [1.807, 2.05) is 22.4 Å². The van der Waals surface area contributed by atoms with E-state index in [2.05, 4.69) is 37.1 Å². The van der Waals surface area contributed by atoms with Crippen LogP contribution in [0.25, 0.3) is 0 Å². The summed E-state index contributed by atoms with van der Waals surface area (Å²) in [5.41, 5.74) is 2.03. The van der Waals surface area contributed by atoms with Gasteiger partial charge in [-0.1, -0.05) is 23.8 Å². The SMILES string of the molecule is Cc1ccc2c(c1)CN(C(=O)c1cccs1)CC1(CCN(C)CC1)O2. The van der Waals surface area contributed by atoms with E-state index in [0.717, 1.165) is 42.1 Å². The van der Waals surface area contributed by atoms with Gasteiger partial charge in [0.1, 0.15) is 11.4 Å². The summed E-state index contributed by atoms with van der Waals surface area (Å²) in [5, 5.41) is 1.96. The van der Waals surface area contributed by atoms with Gasteiger partial charge in [-0.05, 0) is 31.5 Å². The molecule has 1 saturated heterocycles. The predicted octanol–water partition coefficient (Wildman–Crippen LogP) is 3.56. The number of hydrogen-bond donors (Lipinski definition) is 0. The standard InChI is InChI=1S/C20H24N2O2S/c1-15-5-6-17-16(12-15)13-22(19(23)18-4-3-11-25-18)14-20(24-17)7-9-21(2)10-8-20/h3-6,11-12H,7-10,13-14H2,1-2H3. The van der Waals surface area contributed by atoms with Gasteiger partial charge in [-0.25, -0.2) is 0 Å². The van der Waals surface area contributed by atoms with Gasteiger partial charge in [0, 0.05) is 38.0 Å². The van der Waals surface area contributed by atoms with Crippen LogP contribution in [0.1, 0.15) is 33.6 Å². The number of ether oxygens (including phenoxy) is 1. The van der Waals surface area contributed by atoms with Crippen molar-refractivity contribution in [3.8, 4) is 5.75 Å². The molecule has 3 heterocycles. The van der Waals surface area contributed by atoms with Crippen molar-refractivity contribution in [1.82, 2.24) is 9.80 Å². The van der Waals surface area contributed by atoms with E-state index >= 15 is 0 Å². The zero-order valence-corrected chi connectivity index (χ0v) is 15.6. The lowest BCUT2D eigenvalue weighted by molar-refractivity contribution is -0.0102. The zero-order valence-electron chi connectivity index (χ0n) is 14.8. The fourth-order valence-corrected chi connectivity index (χ4v) is 4.48. The number of thiophene rings is 1. The minimum Gasteiger partial charge on any atom is -0.485 e. The van der Waals surface area contributed by atoms with Crippen LogP contribution >= 0.6 is 11.3 Å². The normalized spacial score (nSPS) is 20.0. The van der Waals surface area contributed by atoms with Crippen molar-refractivity contribution in [3.05, 3.63) is 51.7 Å². The molecule has 25 heavy (non-hydrogen) atoms. The summed E-state index contributed by atoms with van der Waals surface area (Å²) in [4.78, 5) is 18.2. The van der Waals surface area contributed by atoms with Gasteiger partial charge >= 0.3 is 0 Å². The molecule has 2 aliphatic heterocycles. The number of carbonyl (C=O) groups is 1. The molecule has 0 N–H and O–H groups in total. The zero-order chi connectivity index (χ0) is 17.4. The lowest BCUT2D eigenvalue weighted by Gasteiger charge is -2.41. The molecule has 0 bridgehead atoms. The Labute approximate surface area is 153 Å². The van der Waals surface area contributed by atoms with Crippen molar-refractivity contribution in [2.75, 3.05) is 26.7 Å². The molecule has 1 aromatic carbocycles. The average Bonchev–Trinajstić information content (AvgIpc) is 3.08. The molecule has 4 rings (SSSR count). The van der Waals surface area contributed by atoms with Gasteiger partial charge in [0.2, 0.25) is 0 Å². The van der Waals surface area contributed by atoms with Crippen LogP contribution in [0.2, 0.25) is 0 Å². The molecular weight excluding hydrogens is 332 g/mol. The van der Waals surface area contributed by atoms with Gasteiger partial charge in [0.15, 0.2) is 0 Å². The van der Waals surface area contributed by atoms with Crippen molar-refractivity contribution >= 4 is 17.2 Å². The van der Waals surface area contributed by atoms with Gasteiger partial charge in [0.25, 0.3) is 5.91 Å². The molecule has 1 fully saturated rings. The molecule has 2 aromatic rings. The second-order valence-electron chi connectivity index (χ2n) is 7.34. The number of aryl methyl sites for hydroxylation is 1. The predicted molar refractivity (Wildman–Crippen MR) is 100 cm³/mol. The van der Waals surface area contributed by atoms with E-state index < -0.39 is 0 Å². The van der Waals surface area contributed by atoms with Crippen molar-refractivity contribution < 1.29 is 9.53 Å². The number of rotatable bonds is 1. The molecule has 1 aromatic heterocycles. The smallest absolute Gasteiger partial charge is 0.264 e. The molecule has 132 valence electrons. The molecule has 5 heteroatoms. The number of benzene rings is 1. The van der Waals surface area contributed by atoms with Crippen LogP contribution in [-0.4, -0.2) is 48.0 Å². The quantitative estimate of drug-likeness (QED) is 0.783. The number of hydrogen-bond acceptors (Lipinski definition) is 4. The van der Waals surface area contributed by atoms with Crippen LogP contribution < -0.4 is 4.74 Å². The maximum atomic E-state index is 13.1. The van der Waals surface area contributed by atoms with Crippen molar-refractivity contribution in [2.45, 2.75) is 31.9 Å². The number of likely N-dealkylation sites (tertiary alicyclic amines) is 1. The second-order valence-corrected chi connectivity index (χ2v) is 8.29. The van der Waals surface area contributed by atoms with Gasteiger partial charge in [0.05, 0.1) is 11.4 Å².